The fourth-order valence-corrected chi connectivity index (χ4v) is 14.2. The maximum Gasteiger partial charge on any atom is 0.303 e. The molecule has 3 heterocycles. The molecule has 8 aliphatic rings. The molecule has 0 aromatic carbocycles. The van der Waals surface area contributed by atoms with Crippen LogP contribution in [0.1, 0.15) is 131 Å². The van der Waals surface area contributed by atoms with Gasteiger partial charge in [0.1, 0.15) is 5.60 Å². The van der Waals surface area contributed by atoms with Gasteiger partial charge < -0.3 is 33.9 Å². The first-order valence-corrected chi connectivity index (χ1v) is 20.0. The topological polar surface area (TPSA) is 104 Å². The van der Waals surface area contributed by atoms with Crippen molar-refractivity contribution in [1.29, 1.82) is 0 Å². The summed E-state index contributed by atoms with van der Waals surface area (Å²) in [5.41, 5.74) is 0.122. The summed E-state index contributed by atoms with van der Waals surface area (Å²) in [6, 6.07) is 0. The van der Waals surface area contributed by atoms with Gasteiger partial charge in [0.25, 0.3) is 0 Å². The highest BCUT2D eigenvalue weighted by Crippen LogP contribution is 2.68. The molecule has 3 saturated heterocycles. The van der Waals surface area contributed by atoms with Gasteiger partial charge >= 0.3 is 5.97 Å². The van der Waals surface area contributed by atoms with E-state index in [9.17, 15) is 15.0 Å². The molecule has 2 bridgehead atoms. The standard InChI is InChI=1S/C40H64O8/c1-23-9-11-29-24(2)35(46-36-40(29)28(23)15-18-39(5,47-36)48-40)45-20-19-44-26-13-16-38(4)31-14-17-37(3)25(7-6-8-34(42)43)10-12-30(37)27(31)22-33(41)32(38)21-26/h23-33,35-36,41H,6-22H2,1-5H3,(H,42,43)/t23-,24-,25+,26-,27?,28?,29?,30?,31?,32?,33+,35?,36?,37-,38-,39-,40-/m1/s1. The van der Waals surface area contributed by atoms with Gasteiger partial charge in [0.15, 0.2) is 18.4 Å². The van der Waals surface area contributed by atoms with E-state index in [2.05, 4.69) is 34.6 Å². The van der Waals surface area contributed by atoms with Crippen LogP contribution < -0.4 is 0 Å². The Morgan fingerprint density at radius 3 is 2.35 bits per heavy atom. The monoisotopic (exact) mass is 672 g/mol. The number of carboxylic acid groups (broad SMARTS) is 1. The predicted molar refractivity (Wildman–Crippen MR) is 180 cm³/mol. The summed E-state index contributed by atoms with van der Waals surface area (Å²) in [7, 11) is 0. The number of aliphatic hydroxyl groups is 1. The van der Waals surface area contributed by atoms with Gasteiger partial charge in [-0.2, -0.15) is 0 Å². The SMILES string of the molecule is C[C@H]1C(OCCO[C@@H]2CC[C@]3(C)C4CC[C@@]5(C)C(CC[C@@H]5CCCC(=O)O)C4C[C@H](O)C3C2)OC2O[C@@]3(C)CCC4[C@H](C)CCC1[C@@]24O3. The number of hydrogen-bond acceptors (Lipinski definition) is 7. The number of hydrogen-bond donors (Lipinski definition) is 2. The Morgan fingerprint density at radius 2 is 1.54 bits per heavy atom. The molecular formula is C40H64O8. The summed E-state index contributed by atoms with van der Waals surface area (Å²) >= 11 is 0. The summed E-state index contributed by atoms with van der Waals surface area (Å²) in [5.74, 6) is 3.33. The fourth-order valence-electron chi connectivity index (χ4n) is 14.2. The van der Waals surface area contributed by atoms with Crippen molar-refractivity contribution in [2.45, 2.75) is 167 Å². The zero-order valence-electron chi connectivity index (χ0n) is 30.4. The molecule has 8 unspecified atom stereocenters. The van der Waals surface area contributed by atoms with Crippen LogP contribution in [0.3, 0.4) is 0 Å². The van der Waals surface area contributed by atoms with E-state index in [1.54, 1.807) is 0 Å². The number of aliphatic carboxylic acids is 1. The van der Waals surface area contributed by atoms with Crippen LogP contribution in [0.4, 0.5) is 0 Å². The normalized spacial score (nSPS) is 55.3. The number of aliphatic hydroxyl groups excluding tert-OH is 1. The van der Waals surface area contributed by atoms with E-state index in [1.165, 1.54) is 32.1 Å². The van der Waals surface area contributed by atoms with Gasteiger partial charge in [-0.25, -0.2) is 0 Å². The molecule has 8 heteroatoms. The van der Waals surface area contributed by atoms with Crippen LogP contribution in [0.15, 0.2) is 0 Å². The van der Waals surface area contributed by atoms with Crippen molar-refractivity contribution in [3.8, 4) is 0 Å². The van der Waals surface area contributed by atoms with Crippen molar-refractivity contribution in [2.24, 2.45) is 64.1 Å². The molecule has 8 fully saturated rings. The molecule has 5 saturated carbocycles. The second-order valence-electron chi connectivity index (χ2n) is 18.7. The van der Waals surface area contributed by atoms with Gasteiger partial charge in [-0.1, -0.05) is 27.7 Å². The molecule has 8 rings (SSSR count). The number of fused-ring (bicyclic) bond motifs is 6. The molecule has 5 aliphatic carbocycles. The Morgan fingerprint density at radius 1 is 0.812 bits per heavy atom. The lowest BCUT2D eigenvalue weighted by Crippen LogP contribution is -2.66. The van der Waals surface area contributed by atoms with Crippen molar-refractivity contribution in [1.82, 2.24) is 0 Å². The Kier molecular flexibility index (Phi) is 8.89. The summed E-state index contributed by atoms with van der Waals surface area (Å²) in [6.45, 7) is 12.8. The van der Waals surface area contributed by atoms with Crippen molar-refractivity contribution >= 4 is 5.97 Å². The molecule has 272 valence electrons. The largest absolute Gasteiger partial charge is 0.481 e. The number of rotatable bonds is 9. The Labute approximate surface area is 288 Å². The van der Waals surface area contributed by atoms with E-state index >= 15 is 0 Å². The molecular weight excluding hydrogens is 608 g/mol. The summed E-state index contributed by atoms with van der Waals surface area (Å²) in [4.78, 5) is 11.2. The number of ether oxygens (including phenoxy) is 5. The summed E-state index contributed by atoms with van der Waals surface area (Å²) in [6.07, 6.45) is 14.8. The maximum atomic E-state index is 11.7. The van der Waals surface area contributed by atoms with Crippen LogP contribution in [-0.4, -0.2) is 65.6 Å². The molecule has 0 radical (unpaired) electrons. The van der Waals surface area contributed by atoms with Crippen LogP contribution in [0.25, 0.3) is 0 Å². The molecule has 3 aliphatic heterocycles. The Bertz CT molecular complexity index is 1210. The van der Waals surface area contributed by atoms with Crippen LogP contribution >= 0.6 is 0 Å². The molecule has 17 atom stereocenters. The van der Waals surface area contributed by atoms with Crippen molar-refractivity contribution < 1.29 is 38.7 Å². The molecule has 0 amide bonds. The van der Waals surface area contributed by atoms with E-state index in [0.29, 0.717) is 60.1 Å². The van der Waals surface area contributed by atoms with Gasteiger partial charge in [0.2, 0.25) is 0 Å². The molecule has 2 N–H and O–H groups in total. The van der Waals surface area contributed by atoms with Gasteiger partial charge in [-0.05, 0) is 143 Å². The quantitative estimate of drug-likeness (QED) is 0.242. The fraction of sp³-hybridized carbons (Fsp3) is 0.975. The molecule has 48 heavy (non-hydrogen) atoms. The lowest BCUT2D eigenvalue weighted by molar-refractivity contribution is -0.338. The zero-order valence-corrected chi connectivity index (χ0v) is 30.4. The maximum absolute atomic E-state index is 11.7. The van der Waals surface area contributed by atoms with E-state index in [0.717, 1.165) is 57.8 Å². The highest BCUT2D eigenvalue weighted by molar-refractivity contribution is 5.66. The second-order valence-corrected chi connectivity index (χ2v) is 18.7. The Hall–Kier alpha value is -0.770. The first kappa shape index (κ1) is 34.3. The van der Waals surface area contributed by atoms with Crippen LogP contribution in [-0.2, 0) is 28.5 Å². The lowest BCUT2D eigenvalue weighted by atomic mass is 9.44. The van der Waals surface area contributed by atoms with Crippen molar-refractivity contribution in [3.63, 3.8) is 0 Å². The van der Waals surface area contributed by atoms with Gasteiger partial charge in [0, 0.05) is 24.7 Å². The smallest absolute Gasteiger partial charge is 0.303 e. The minimum absolute atomic E-state index is 0.163. The van der Waals surface area contributed by atoms with Crippen LogP contribution in [0.5, 0.6) is 0 Å². The highest BCUT2D eigenvalue weighted by Gasteiger charge is 2.71. The van der Waals surface area contributed by atoms with Gasteiger partial charge in [-0.3, -0.25) is 4.79 Å². The molecule has 8 nitrogen and oxygen atoms in total. The number of carbonyl (C=O) groups is 1. The average Bonchev–Trinajstić information content (AvgIpc) is 3.48. The minimum atomic E-state index is -0.673. The van der Waals surface area contributed by atoms with Crippen molar-refractivity contribution in [2.75, 3.05) is 13.2 Å². The van der Waals surface area contributed by atoms with Gasteiger partial charge in [-0.15, -0.1) is 0 Å². The number of carboxylic acids is 1. The summed E-state index contributed by atoms with van der Waals surface area (Å²) in [5, 5.41) is 20.9. The minimum Gasteiger partial charge on any atom is -0.481 e. The highest BCUT2D eigenvalue weighted by atomic mass is 16.9. The first-order valence-electron chi connectivity index (χ1n) is 20.0. The van der Waals surface area contributed by atoms with E-state index in [4.69, 9.17) is 23.7 Å². The Balaban J connectivity index is 0.848. The third-order valence-corrected chi connectivity index (χ3v) is 16.6. The molecule has 0 aromatic rings. The third-order valence-electron chi connectivity index (χ3n) is 16.6. The lowest BCUT2D eigenvalue weighted by Gasteiger charge is -2.62. The third kappa shape index (κ3) is 5.30. The molecule has 0 aromatic heterocycles. The van der Waals surface area contributed by atoms with E-state index in [-0.39, 0.29) is 54.1 Å². The van der Waals surface area contributed by atoms with E-state index < -0.39 is 11.8 Å². The zero-order chi connectivity index (χ0) is 33.6. The van der Waals surface area contributed by atoms with Crippen molar-refractivity contribution in [3.05, 3.63) is 0 Å². The average molecular weight is 673 g/mol. The summed E-state index contributed by atoms with van der Waals surface area (Å²) < 4.78 is 32.9. The van der Waals surface area contributed by atoms with Crippen LogP contribution in [0, 0.1) is 64.1 Å². The van der Waals surface area contributed by atoms with Crippen LogP contribution in [0.2, 0.25) is 0 Å². The molecule has 1 spiro atoms. The van der Waals surface area contributed by atoms with Gasteiger partial charge in [0.05, 0.1) is 25.4 Å². The first-order chi connectivity index (χ1) is 22.9. The van der Waals surface area contributed by atoms with E-state index in [1.807, 2.05) is 0 Å². The second kappa shape index (κ2) is 12.4. The predicted octanol–water partition coefficient (Wildman–Crippen LogP) is 7.55.